The molecule has 0 fully saturated rings. The van der Waals surface area contributed by atoms with Crippen LogP contribution in [0.1, 0.15) is 35.2 Å². The van der Waals surface area contributed by atoms with E-state index < -0.39 is 11.7 Å². The largest absolute Gasteiger partial charge is 0.416 e. The third-order valence-corrected chi connectivity index (χ3v) is 3.46. The van der Waals surface area contributed by atoms with E-state index in [0.29, 0.717) is 0 Å². The predicted molar refractivity (Wildman–Crippen MR) is 77.9 cm³/mol. The Labute approximate surface area is 122 Å². The summed E-state index contributed by atoms with van der Waals surface area (Å²) in [5, 5.41) is 3.15. The van der Waals surface area contributed by atoms with Crippen LogP contribution in [0.4, 0.5) is 13.2 Å². The normalized spacial score (nSPS) is 13.2. The van der Waals surface area contributed by atoms with Crippen molar-refractivity contribution in [2.45, 2.75) is 32.6 Å². The van der Waals surface area contributed by atoms with Gasteiger partial charge in [-0.05, 0) is 31.0 Å². The molecule has 0 aromatic heterocycles. The second-order valence-corrected chi connectivity index (χ2v) is 5.17. The third-order valence-electron chi connectivity index (χ3n) is 3.46. The molecule has 1 nitrogen and oxygen atoms in total. The molecule has 1 N–H and O–H groups in total. The van der Waals surface area contributed by atoms with Crippen molar-refractivity contribution in [1.29, 1.82) is 0 Å². The van der Waals surface area contributed by atoms with Gasteiger partial charge in [0.05, 0.1) is 5.56 Å². The minimum atomic E-state index is -4.31. The second kappa shape index (κ2) is 6.31. The van der Waals surface area contributed by atoms with Gasteiger partial charge < -0.3 is 5.32 Å². The fraction of sp³-hybridized carbons (Fsp3) is 0.294. The molecule has 4 heteroatoms. The van der Waals surface area contributed by atoms with Gasteiger partial charge in [-0.15, -0.1) is 0 Å². The van der Waals surface area contributed by atoms with Crippen LogP contribution in [0, 0.1) is 6.92 Å². The van der Waals surface area contributed by atoms with Gasteiger partial charge in [-0.25, -0.2) is 0 Å². The summed E-state index contributed by atoms with van der Waals surface area (Å²) in [5.41, 5.74) is 1.90. The van der Waals surface area contributed by atoms with Gasteiger partial charge in [0.2, 0.25) is 0 Å². The van der Waals surface area contributed by atoms with Crippen LogP contribution in [-0.2, 0) is 12.7 Å². The van der Waals surface area contributed by atoms with Crippen molar-refractivity contribution in [3.8, 4) is 0 Å². The van der Waals surface area contributed by atoms with Crippen LogP contribution < -0.4 is 5.32 Å². The van der Waals surface area contributed by atoms with E-state index in [1.54, 1.807) is 6.07 Å². The highest BCUT2D eigenvalue weighted by Gasteiger charge is 2.32. The Morgan fingerprint density at radius 1 is 1.05 bits per heavy atom. The maximum Gasteiger partial charge on any atom is 0.416 e. The molecule has 0 heterocycles. The van der Waals surface area contributed by atoms with Gasteiger partial charge in [0, 0.05) is 12.6 Å². The van der Waals surface area contributed by atoms with Gasteiger partial charge in [-0.1, -0.05) is 48.0 Å². The molecular weight excluding hydrogens is 275 g/mol. The van der Waals surface area contributed by atoms with Gasteiger partial charge >= 0.3 is 6.18 Å². The molecule has 0 aliphatic heterocycles. The minimum Gasteiger partial charge on any atom is -0.306 e. The van der Waals surface area contributed by atoms with Crippen molar-refractivity contribution >= 4 is 0 Å². The Balaban J connectivity index is 2.10. The monoisotopic (exact) mass is 293 g/mol. The zero-order valence-electron chi connectivity index (χ0n) is 12.0. The van der Waals surface area contributed by atoms with Crippen molar-refractivity contribution in [1.82, 2.24) is 5.32 Å². The first kappa shape index (κ1) is 15.6. The van der Waals surface area contributed by atoms with E-state index in [9.17, 15) is 13.2 Å². The molecule has 2 aromatic carbocycles. The molecule has 0 unspecified atom stereocenters. The fourth-order valence-corrected chi connectivity index (χ4v) is 2.27. The maximum absolute atomic E-state index is 12.9. The number of alkyl halides is 3. The minimum absolute atomic E-state index is 0.00816. The number of halogens is 3. The van der Waals surface area contributed by atoms with Crippen molar-refractivity contribution in [3.63, 3.8) is 0 Å². The Morgan fingerprint density at radius 3 is 2.43 bits per heavy atom. The van der Waals surface area contributed by atoms with Gasteiger partial charge in [0.1, 0.15) is 0 Å². The molecule has 0 amide bonds. The molecule has 0 aliphatic carbocycles. The van der Waals surface area contributed by atoms with Crippen LogP contribution in [-0.4, -0.2) is 0 Å². The zero-order chi connectivity index (χ0) is 15.5. The summed E-state index contributed by atoms with van der Waals surface area (Å²) in [4.78, 5) is 0. The molecule has 0 saturated carbocycles. The van der Waals surface area contributed by atoms with Gasteiger partial charge in [0.25, 0.3) is 0 Å². The zero-order valence-corrected chi connectivity index (χ0v) is 12.0. The Bertz CT molecular complexity index is 605. The highest BCUT2D eigenvalue weighted by Crippen LogP contribution is 2.32. The number of hydrogen-bond acceptors (Lipinski definition) is 1. The number of benzene rings is 2. The van der Waals surface area contributed by atoms with E-state index >= 15 is 0 Å². The third kappa shape index (κ3) is 4.08. The highest BCUT2D eigenvalue weighted by molar-refractivity contribution is 5.30. The first-order valence-electron chi connectivity index (χ1n) is 6.83. The average Bonchev–Trinajstić information content (AvgIpc) is 2.44. The molecule has 0 aliphatic rings. The Kier molecular flexibility index (Phi) is 4.68. The summed E-state index contributed by atoms with van der Waals surface area (Å²) in [7, 11) is 0. The first-order chi connectivity index (χ1) is 9.88. The fourth-order valence-electron chi connectivity index (χ4n) is 2.27. The Hall–Kier alpha value is -1.81. The molecule has 2 aromatic rings. The van der Waals surface area contributed by atoms with E-state index in [-0.39, 0.29) is 18.2 Å². The van der Waals surface area contributed by atoms with Gasteiger partial charge in [-0.3, -0.25) is 0 Å². The molecule has 0 radical (unpaired) electrons. The van der Waals surface area contributed by atoms with E-state index in [2.05, 4.69) is 5.32 Å². The van der Waals surface area contributed by atoms with Gasteiger partial charge in [-0.2, -0.15) is 13.2 Å². The molecule has 1 atom stereocenters. The van der Waals surface area contributed by atoms with Crippen LogP contribution in [0.2, 0.25) is 0 Å². The molecule has 0 spiro atoms. The van der Waals surface area contributed by atoms with Crippen LogP contribution in [0.25, 0.3) is 0 Å². The smallest absolute Gasteiger partial charge is 0.306 e. The Morgan fingerprint density at radius 2 is 1.76 bits per heavy atom. The molecule has 112 valence electrons. The summed E-state index contributed by atoms with van der Waals surface area (Å²) in [5.74, 6) is 0. The maximum atomic E-state index is 12.9. The highest BCUT2D eigenvalue weighted by atomic mass is 19.4. The summed E-state index contributed by atoms with van der Waals surface area (Å²) in [6, 6.07) is 13.6. The summed E-state index contributed by atoms with van der Waals surface area (Å²) >= 11 is 0. The number of aryl methyl sites for hydroxylation is 1. The van der Waals surface area contributed by atoms with E-state index in [1.807, 2.05) is 38.1 Å². The van der Waals surface area contributed by atoms with Crippen molar-refractivity contribution in [3.05, 3.63) is 70.8 Å². The number of hydrogen-bond donors (Lipinski definition) is 1. The standard InChI is InChI=1S/C17H18F3N/c1-12-6-5-8-14(10-12)13(2)21-11-15-7-3-4-9-16(15)17(18,19)20/h3-10,13,21H,11H2,1-2H3/t13-/m1/s1. The molecule has 2 rings (SSSR count). The van der Waals surface area contributed by atoms with Crippen LogP contribution in [0.15, 0.2) is 48.5 Å². The molecule has 0 bridgehead atoms. The van der Waals surface area contributed by atoms with Crippen LogP contribution in [0.3, 0.4) is 0 Å². The van der Waals surface area contributed by atoms with E-state index in [1.165, 1.54) is 12.1 Å². The molecule has 21 heavy (non-hydrogen) atoms. The SMILES string of the molecule is Cc1cccc([C@@H](C)NCc2ccccc2C(F)(F)F)c1. The average molecular weight is 293 g/mol. The number of nitrogens with one attached hydrogen (secondary N) is 1. The summed E-state index contributed by atoms with van der Waals surface area (Å²) in [6.07, 6.45) is -4.31. The predicted octanol–water partition coefficient (Wildman–Crippen LogP) is 4.86. The van der Waals surface area contributed by atoms with Crippen molar-refractivity contribution in [2.75, 3.05) is 0 Å². The van der Waals surface area contributed by atoms with E-state index in [0.717, 1.165) is 17.2 Å². The second-order valence-electron chi connectivity index (χ2n) is 5.17. The summed E-state index contributed by atoms with van der Waals surface area (Å²) < 4.78 is 38.8. The topological polar surface area (TPSA) is 12.0 Å². The lowest BCUT2D eigenvalue weighted by Crippen LogP contribution is -2.20. The van der Waals surface area contributed by atoms with Crippen LogP contribution >= 0.6 is 0 Å². The lowest BCUT2D eigenvalue weighted by Gasteiger charge is -2.17. The van der Waals surface area contributed by atoms with Gasteiger partial charge in [0.15, 0.2) is 0 Å². The first-order valence-corrected chi connectivity index (χ1v) is 6.83. The lowest BCUT2D eigenvalue weighted by atomic mass is 10.0. The number of rotatable bonds is 4. The quantitative estimate of drug-likeness (QED) is 0.848. The molecular formula is C17H18F3N. The molecule has 0 saturated heterocycles. The van der Waals surface area contributed by atoms with Crippen LogP contribution in [0.5, 0.6) is 0 Å². The summed E-state index contributed by atoms with van der Waals surface area (Å²) in [6.45, 7) is 4.13. The van der Waals surface area contributed by atoms with E-state index in [4.69, 9.17) is 0 Å². The lowest BCUT2D eigenvalue weighted by molar-refractivity contribution is -0.138. The van der Waals surface area contributed by atoms with Crippen molar-refractivity contribution in [2.24, 2.45) is 0 Å². The van der Waals surface area contributed by atoms with Crippen molar-refractivity contribution < 1.29 is 13.2 Å².